The van der Waals surface area contributed by atoms with Crippen LogP contribution in [0, 0.1) is 5.92 Å². The summed E-state index contributed by atoms with van der Waals surface area (Å²) in [7, 11) is 0. The number of likely N-dealkylation sites (tertiary alicyclic amines) is 1. The Kier molecular flexibility index (Phi) is 9.43. The van der Waals surface area contributed by atoms with Crippen LogP contribution >= 0.6 is 0 Å². The molecule has 1 aromatic rings. The van der Waals surface area contributed by atoms with Crippen molar-refractivity contribution < 1.29 is 23.9 Å². The van der Waals surface area contributed by atoms with Crippen molar-refractivity contribution in [3.63, 3.8) is 0 Å². The van der Waals surface area contributed by atoms with Gasteiger partial charge in [0.25, 0.3) is 0 Å². The molecule has 8 nitrogen and oxygen atoms in total. The van der Waals surface area contributed by atoms with Crippen molar-refractivity contribution in [3.8, 4) is 0 Å². The van der Waals surface area contributed by atoms with Crippen LogP contribution in [0.15, 0.2) is 30.3 Å². The summed E-state index contributed by atoms with van der Waals surface area (Å²) in [4.78, 5) is 36.4. The van der Waals surface area contributed by atoms with Gasteiger partial charge in [0, 0.05) is 19.6 Å². The number of hydrogen-bond acceptors (Lipinski definition) is 5. The molecule has 2 atom stereocenters. The highest BCUT2D eigenvalue weighted by Gasteiger charge is 2.30. The first-order valence-electron chi connectivity index (χ1n) is 10.1. The topological polar surface area (TPSA) is 111 Å². The minimum absolute atomic E-state index is 0.0208. The first kappa shape index (κ1) is 22.7. The fourth-order valence-corrected chi connectivity index (χ4v) is 3.23. The van der Waals surface area contributed by atoms with E-state index in [2.05, 4.69) is 5.32 Å². The molecule has 0 aliphatic carbocycles. The predicted molar refractivity (Wildman–Crippen MR) is 108 cm³/mol. The van der Waals surface area contributed by atoms with Gasteiger partial charge in [-0.2, -0.15) is 0 Å². The molecule has 1 aliphatic rings. The van der Waals surface area contributed by atoms with E-state index in [1.165, 1.54) is 0 Å². The molecule has 29 heavy (non-hydrogen) atoms. The minimum Gasteiger partial charge on any atom is -0.445 e. The van der Waals surface area contributed by atoms with Gasteiger partial charge in [0.15, 0.2) is 0 Å². The number of nitrogens with two attached hydrogens (primary N) is 1. The number of rotatable bonds is 11. The molecule has 1 aromatic carbocycles. The molecule has 0 unspecified atom stereocenters. The van der Waals surface area contributed by atoms with Gasteiger partial charge in [-0.05, 0) is 30.7 Å². The van der Waals surface area contributed by atoms with Crippen molar-refractivity contribution in [2.24, 2.45) is 11.7 Å². The van der Waals surface area contributed by atoms with Gasteiger partial charge in [-0.25, -0.2) is 4.79 Å². The summed E-state index contributed by atoms with van der Waals surface area (Å²) in [5, 5.41) is 2.48. The van der Waals surface area contributed by atoms with Crippen LogP contribution in [-0.2, 0) is 25.7 Å². The summed E-state index contributed by atoms with van der Waals surface area (Å²) in [6.45, 7) is 3.72. The lowest BCUT2D eigenvalue weighted by molar-refractivity contribution is -0.125. The number of amides is 3. The van der Waals surface area contributed by atoms with Crippen LogP contribution in [-0.4, -0.2) is 55.2 Å². The Hall–Kier alpha value is -2.61. The van der Waals surface area contributed by atoms with Crippen LogP contribution in [0.25, 0.3) is 0 Å². The maximum Gasteiger partial charge on any atom is 0.410 e. The lowest BCUT2D eigenvalue weighted by Crippen LogP contribution is -2.38. The van der Waals surface area contributed by atoms with Crippen LogP contribution < -0.4 is 11.1 Å². The van der Waals surface area contributed by atoms with Gasteiger partial charge in [0.1, 0.15) is 6.61 Å². The number of benzene rings is 1. The molecular weight excluding hydrogens is 374 g/mol. The van der Waals surface area contributed by atoms with E-state index in [-0.39, 0.29) is 37.1 Å². The molecule has 1 saturated heterocycles. The highest BCUT2D eigenvalue weighted by molar-refractivity contribution is 5.83. The molecule has 8 heteroatoms. The summed E-state index contributed by atoms with van der Waals surface area (Å²) in [6, 6.07) is 9.62. The lowest BCUT2D eigenvalue weighted by Gasteiger charge is -2.24. The van der Waals surface area contributed by atoms with Gasteiger partial charge in [-0.1, -0.05) is 37.3 Å². The normalized spacial score (nSPS) is 17.0. The molecule has 3 N–H and O–H groups in total. The van der Waals surface area contributed by atoms with E-state index in [1.54, 1.807) is 4.90 Å². The predicted octanol–water partition coefficient (Wildman–Crippen LogP) is 1.82. The Labute approximate surface area is 171 Å². The van der Waals surface area contributed by atoms with E-state index in [0.29, 0.717) is 26.2 Å². The van der Waals surface area contributed by atoms with E-state index < -0.39 is 5.91 Å². The monoisotopic (exact) mass is 405 g/mol. The number of carbonyl (C=O) groups is 3. The molecule has 0 radical (unpaired) electrons. The van der Waals surface area contributed by atoms with Crippen LogP contribution in [0.3, 0.4) is 0 Å². The number of ether oxygens (including phenoxy) is 2. The van der Waals surface area contributed by atoms with Crippen molar-refractivity contribution in [2.45, 2.75) is 45.3 Å². The number of hydrogen-bond donors (Lipinski definition) is 2. The first-order chi connectivity index (χ1) is 14.0. The average molecular weight is 405 g/mol. The SMILES string of the molecule is C[C@@H](CCOC[C@@H]1CCCN1C(=O)OCc1ccccc1)CC(=O)NCC(N)=O. The van der Waals surface area contributed by atoms with E-state index in [9.17, 15) is 14.4 Å². The third-order valence-electron chi connectivity index (χ3n) is 4.88. The smallest absolute Gasteiger partial charge is 0.410 e. The van der Waals surface area contributed by atoms with Gasteiger partial charge >= 0.3 is 6.09 Å². The number of primary amides is 1. The van der Waals surface area contributed by atoms with Crippen LogP contribution in [0.4, 0.5) is 4.79 Å². The standard InChI is InChI=1S/C21H31N3O5/c1-16(12-20(26)23-13-19(22)25)9-11-28-15-18-8-5-10-24(18)21(27)29-14-17-6-3-2-4-7-17/h2-4,6-7,16,18H,5,8-15H2,1H3,(H2,22,25)(H,23,26)/t16-,18-/m0/s1. The second-order valence-electron chi connectivity index (χ2n) is 7.45. The third kappa shape index (κ3) is 8.51. The van der Waals surface area contributed by atoms with Crippen molar-refractivity contribution >= 4 is 17.9 Å². The summed E-state index contributed by atoms with van der Waals surface area (Å²) in [5.74, 6) is -0.629. The van der Waals surface area contributed by atoms with Gasteiger partial charge in [0.2, 0.25) is 11.8 Å². The van der Waals surface area contributed by atoms with Gasteiger partial charge in [-0.3, -0.25) is 9.59 Å². The van der Waals surface area contributed by atoms with Crippen LogP contribution in [0.5, 0.6) is 0 Å². The second kappa shape index (κ2) is 12.1. The Morgan fingerprint density at radius 3 is 2.76 bits per heavy atom. The zero-order valence-corrected chi connectivity index (χ0v) is 17.0. The van der Waals surface area contributed by atoms with E-state index >= 15 is 0 Å². The highest BCUT2D eigenvalue weighted by Crippen LogP contribution is 2.19. The van der Waals surface area contributed by atoms with Crippen molar-refractivity contribution in [1.29, 1.82) is 0 Å². The summed E-state index contributed by atoms with van der Waals surface area (Å²) < 4.78 is 11.2. The molecule has 1 fully saturated rings. The lowest BCUT2D eigenvalue weighted by atomic mass is 10.0. The molecule has 2 rings (SSSR count). The summed E-state index contributed by atoms with van der Waals surface area (Å²) in [5.41, 5.74) is 5.96. The van der Waals surface area contributed by atoms with Gasteiger partial charge in [0.05, 0.1) is 19.2 Å². The maximum absolute atomic E-state index is 12.4. The fourth-order valence-electron chi connectivity index (χ4n) is 3.23. The van der Waals surface area contributed by atoms with Gasteiger partial charge < -0.3 is 25.4 Å². The fraction of sp³-hybridized carbons (Fsp3) is 0.571. The second-order valence-corrected chi connectivity index (χ2v) is 7.45. The zero-order chi connectivity index (χ0) is 21.1. The third-order valence-corrected chi connectivity index (χ3v) is 4.88. The van der Waals surface area contributed by atoms with E-state index in [4.69, 9.17) is 15.2 Å². The largest absolute Gasteiger partial charge is 0.445 e. The van der Waals surface area contributed by atoms with Crippen molar-refractivity contribution in [3.05, 3.63) is 35.9 Å². The summed E-state index contributed by atoms with van der Waals surface area (Å²) >= 11 is 0. The Morgan fingerprint density at radius 2 is 2.03 bits per heavy atom. The number of nitrogens with zero attached hydrogens (tertiary/aromatic N) is 1. The van der Waals surface area contributed by atoms with Crippen molar-refractivity contribution in [1.82, 2.24) is 10.2 Å². The molecule has 3 amide bonds. The molecule has 0 saturated carbocycles. The zero-order valence-electron chi connectivity index (χ0n) is 17.0. The molecule has 0 bridgehead atoms. The minimum atomic E-state index is -0.558. The number of nitrogens with one attached hydrogen (secondary N) is 1. The average Bonchev–Trinajstić information content (AvgIpc) is 3.17. The molecule has 1 aliphatic heterocycles. The molecule has 0 spiro atoms. The Balaban J connectivity index is 1.63. The van der Waals surface area contributed by atoms with E-state index in [0.717, 1.165) is 24.8 Å². The van der Waals surface area contributed by atoms with Crippen LogP contribution in [0.2, 0.25) is 0 Å². The number of carbonyl (C=O) groups excluding carboxylic acids is 3. The Bertz CT molecular complexity index is 668. The van der Waals surface area contributed by atoms with E-state index in [1.807, 2.05) is 37.3 Å². The first-order valence-corrected chi connectivity index (χ1v) is 10.1. The molecule has 160 valence electrons. The van der Waals surface area contributed by atoms with Crippen molar-refractivity contribution in [2.75, 3.05) is 26.3 Å². The molecule has 1 heterocycles. The van der Waals surface area contributed by atoms with Crippen LogP contribution in [0.1, 0.15) is 38.2 Å². The Morgan fingerprint density at radius 1 is 1.28 bits per heavy atom. The highest BCUT2D eigenvalue weighted by atomic mass is 16.6. The quantitative estimate of drug-likeness (QED) is 0.546. The molecular formula is C21H31N3O5. The summed E-state index contributed by atoms with van der Waals surface area (Å²) in [6.07, 6.45) is 2.56. The van der Waals surface area contributed by atoms with Gasteiger partial charge in [-0.15, -0.1) is 0 Å². The molecule has 0 aromatic heterocycles. The maximum atomic E-state index is 12.4.